The molecule has 0 atom stereocenters. The molecular formula is C17H16N4O. The summed E-state index contributed by atoms with van der Waals surface area (Å²) in [6.07, 6.45) is 5.03. The summed E-state index contributed by atoms with van der Waals surface area (Å²) in [5, 5.41) is 2.87. The smallest absolute Gasteiger partial charge is 0.270 e. The summed E-state index contributed by atoms with van der Waals surface area (Å²) >= 11 is 0. The molecule has 0 unspecified atom stereocenters. The predicted octanol–water partition coefficient (Wildman–Crippen LogP) is 1.81. The standard InChI is InChI=1S/C17H16N4O/c22-17-14-13(8-9-18-17)16(21-10-4-5-11-21)20-15(19-14)12-6-2-1-3-7-12/h1-7H,8-11H2,(H,18,22). The lowest BCUT2D eigenvalue weighted by atomic mass is 10.1. The molecule has 0 aliphatic carbocycles. The molecule has 1 N–H and O–H groups in total. The maximum atomic E-state index is 12.2. The van der Waals surface area contributed by atoms with Crippen molar-refractivity contribution in [1.29, 1.82) is 0 Å². The fourth-order valence-corrected chi connectivity index (χ4v) is 2.90. The van der Waals surface area contributed by atoms with Gasteiger partial charge in [0.1, 0.15) is 11.5 Å². The molecule has 1 aromatic heterocycles. The second kappa shape index (κ2) is 5.26. The first-order valence-corrected chi connectivity index (χ1v) is 7.47. The Balaban J connectivity index is 1.89. The van der Waals surface area contributed by atoms with Gasteiger partial charge in [-0.2, -0.15) is 0 Å². The summed E-state index contributed by atoms with van der Waals surface area (Å²) in [6.45, 7) is 2.31. The molecule has 1 amide bonds. The summed E-state index contributed by atoms with van der Waals surface area (Å²) in [5.41, 5.74) is 2.41. The largest absolute Gasteiger partial charge is 0.350 e. The van der Waals surface area contributed by atoms with Gasteiger partial charge in [0.2, 0.25) is 0 Å². The topological polar surface area (TPSA) is 58.1 Å². The van der Waals surface area contributed by atoms with Gasteiger partial charge in [0, 0.05) is 30.8 Å². The number of hydrogen-bond acceptors (Lipinski definition) is 4. The Morgan fingerprint density at radius 3 is 2.59 bits per heavy atom. The number of hydrogen-bond donors (Lipinski definition) is 1. The number of rotatable bonds is 2. The second-order valence-corrected chi connectivity index (χ2v) is 5.45. The first kappa shape index (κ1) is 13.0. The average Bonchev–Trinajstić information content (AvgIpc) is 3.10. The molecule has 2 aliphatic heterocycles. The van der Waals surface area contributed by atoms with Gasteiger partial charge in [-0.3, -0.25) is 4.79 Å². The summed E-state index contributed by atoms with van der Waals surface area (Å²) in [7, 11) is 0. The predicted molar refractivity (Wildman–Crippen MR) is 84.9 cm³/mol. The van der Waals surface area contributed by atoms with Crippen LogP contribution in [-0.4, -0.2) is 35.5 Å². The minimum Gasteiger partial charge on any atom is -0.350 e. The van der Waals surface area contributed by atoms with Gasteiger partial charge in [-0.05, 0) is 6.42 Å². The van der Waals surface area contributed by atoms with Crippen LogP contribution in [0.4, 0.5) is 5.82 Å². The summed E-state index contributed by atoms with van der Waals surface area (Å²) in [5.74, 6) is 1.40. The van der Waals surface area contributed by atoms with Crippen molar-refractivity contribution < 1.29 is 4.79 Å². The highest BCUT2D eigenvalue weighted by atomic mass is 16.1. The van der Waals surface area contributed by atoms with Crippen LogP contribution in [0.3, 0.4) is 0 Å². The first-order valence-electron chi connectivity index (χ1n) is 7.47. The zero-order chi connectivity index (χ0) is 14.9. The first-order chi connectivity index (χ1) is 10.8. The Morgan fingerprint density at radius 1 is 1.05 bits per heavy atom. The maximum Gasteiger partial charge on any atom is 0.270 e. The SMILES string of the molecule is O=C1NCCc2c1nc(-c1ccccc1)nc2N1CC=CC1. The van der Waals surface area contributed by atoms with E-state index in [0.29, 0.717) is 18.1 Å². The average molecular weight is 292 g/mol. The van der Waals surface area contributed by atoms with Crippen LogP contribution in [0.25, 0.3) is 11.4 Å². The van der Waals surface area contributed by atoms with Gasteiger partial charge in [-0.1, -0.05) is 42.5 Å². The van der Waals surface area contributed by atoms with Crippen molar-refractivity contribution in [3.8, 4) is 11.4 Å². The number of carbonyl (C=O) groups excluding carboxylic acids is 1. The van der Waals surface area contributed by atoms with Crippen LogP contribution in [0.2, 0.25) is 0 Å². The van der Waals surface area contributed by atoms with E-state index >= 15 is 0 Å². The number of carbonyl (C=O) groups is 1. The molecule has 5 heteroatoms. The highest BCUT2D eigenvalue weighted by Crippen LogP contribution is 2.28. The monoisotopic (exact) mass is 292 g/mol. The van der Waals surface area contributed by atoms with Gasteiger partial charge in [0.05, 0.1) is 0 Å². The van der Waals surface area contributed by atoms with Crippen molar-refractivity contribution in [2.45, 2.75) is 6.42 Å². The van der Waals surface area contributed by atoms with Crippen LogP contribution in [0.5, 0.6) is 0 Å². The van der Waals surface area contributed by atoms with Crippen LogP contribution in [0.15, 0.2) is 42.5 Å². The third-order valence-electron chi connectivity index (χ3n) is 4.01. The van der Waals surface area contributed by atoms with Crippen molar-refractivity contribution in [2.24, 2.45) is 0 Å². The normalized spacial score (nSPS) is 16.5. The molecule has 1 aromatic carbocycles. The van der Waals surface area contributed by atoms with Crippen LogP contribution in [0, 0.1) is 0 Å². The molecule has 22 heavy (non-hydrogen) atoms. The fraction of sp³-hybridized carbons (Fsp3) is 0.235. The van der Waals surface area contributed by atoms with Crippen LogP contribution in [0.1, 0.15) is 16.1 Å². The number of amides is 1. The molecule has 0 saturated carbocycles. The number of nitrogens with zero attached hydrogens (tertiary/aromatic N) is 3. The minimum absolute atomic E-state index is 0.103. The number of benzene rings is 1. The quantitative estimate of drug-likeness (QED) is 0.858. The maximum absolute atomic E-state index is 12.2. The van der Waals surface area contributed by atoms with Gasteiger partial charge in [0.25, 0.3) is 5.91 Å². The fourth-order valence-electron chi connectivity index (χ4n) is 2.90. The Morgan fingerprint density at radius 2 is 1.82 bits per heavy atom. The van der Waals surface area contributed by atoms with Crippen molar-refractivity contribution in [1.82, 2.24) is 15.3 Å². The molecule has 4 rings (SSSR count). The highest BCUT2D eigenvalue weighted by Gasteiger charge is 2.26. The molecule has 0 fully saturated rings. The molecule has 0 spiro atoms. The molecule has 0 saturated heterocycles. The van der Waals surface area contributed by atoms with E-state index in [0.717, 1.165) is 36.5 Å². The van der Waals surface area contributed by atoms with E-state index in [2.05, 4.69) is 27.4 Å². The van der Waals surface area contributed by atoms with Crippen molar-refractivity contribution in [3.63, 3.8) is 0 Å². The van der Waals surface area contributed by atoms with Crippen LogP contribution in [-0.2, 0) is 6.42 Å². The number of anilines is 1. The second-order valence-electron chi connectivity index (χ2n) is 5.45. The van der Waals surface area contributed by atoms with Gasteiger partial charge in [0.15, 0.2) is 5.82 Å². The molecule has 0 bridgehead atoms. The summed E-state index contributed by atoms with van der Waals surface area (Å²) < 4.78 is 0. The van der Waals surface area contributed by atoms with E-state index in [1.165, 1.54) is 0 Å². The third-order valence-corrected chi connectivity index (χ3v) is 4.01. The van der Waals surface area contributed by atoms with Gasteiger partial charge >= 0.3 is 0 Å². The lowest BCUT2D eigenvalue weighted by Crippen LogP contribution is -2.35. The van der Waals surface area contributed by atoms with Gasteiger partial charge in [-0.15, -0.1) is 0 Å². The van der Waals surface area contributed by atoms with Crippen molar-refractivity contribution in [2.75, 3.05) is 24.5 Å². The lowest BCUT2D eigenvalue weighted by molar-refractivity contribution is 0.0940. The third kappa shape index (κ3) is 2.15. The zero-order valence-corrected chi connectivity index (χ0v) is 12.1. The number of fused-ring (bicyclic) bond motifs is 1. The van der Waals surface area contributed by atoms with Gasteiger partial charge < -0.3 is 10.2 Å². The van der Waals surface area contributed by atoms with E-state index in [-0.39, 0.29) is 5.91 Å². The van der Waals surface area contributed by atoms with E-state index in [1.54, 1.807) is 0 Å². The van der Waals surface area contributed by atoms with Crippen LogP contribution >= 0.6 is 0 Å². The molecular weight excluding hydrogens is 276 g/mol. The Hall–Kier alpha value is -2.69. The summed E-state index contributed by atoms with van der Waals surface area (Å²) in [4.78, 5) is 23.7. The Kier molecular flexibility index (Phi) is 3.11. The van der Waals surface area contributed by atoms with E-state index in [1.807, 2.05) is 30.3 Å². The Labute approximate surface area is 128 Å². The lowest BCUT2D eigenvalue weighted by Gasteiger charge is -2.25. The van der Waals surface area contributed by atoms with E-state index in [9.17, 15) is 4.79 Å². The van der Waals surface area contributed by atoms with Gasteiger partial charge in [-0.25, -0.2) is 9.97 Å². The molecule has 110 valence electrons. The molecule has 3 heterocycles. The van der Waals surface area contributed by atoms with Crippen LogP contribution < -0.4 is 10.2 Å². The molecule has 5 nitrogen and oxygen atoms in total. The van der Waals surface area contributed by atoms with E-state index in [4.69, 9.17) is 4.98 Å². The number of nitrogens with one attached hydrogen (secondary N) is 1. The number of aromatic nitrogens is 2. The van der Waals surface area contributed by atoms with E-state index < -0.39 is 0 Å². The highest BCUT2D eigenvalue weighted by molar-refractivity contribution is 5.96. The van der Waals surface area contributed by atoms with Crippen molar-refractivity contribution >= 4 is 11.7 Å². The van der Waals surface area contributed by atoms with Crippen molar-refractivity contribution in [3.05, 3.63) is 53.7 Å². The minimum atomic E-state index is -0.103. The zero-order valence-electron chi connectivity index (χ0n) is 12.1. The molecule has 0 radical (unpaired) electrons. The molecule has 2 aliphatic rings. The summed E-state index contributed by atoms with van der Waals surface area (Å²) in [6, 6.07) is 9.80. The Bertz CT molecular complexity index is 747. The molecule has 2 aromatic rings.